The number of aliphatic hydroxyl groups is 2. The molecule has 71 heavy (non-hydrogen) atoms. The van der Waals surface area contributed by atoms with Crippen LogP contribution in [0.4, 0.5) is 0 Å². The number of carbonyl (C=O) groups excluding carboxylic acids is 1. The summed E-state index contributed by atoms with van der Waals surface area (Å²) in [5.41, 5.74) is 0. The Bertz CT molecular complexity index is 1630. The summed E-state index contributed by atoms with van der Waals surface area (Å²) in [4.78, 5) is 23.3. The fraction of sp³-hybridized carbons (Fsp3) is 0.623. The highest BCUT2D eigenvalue weighted by molar-refractivity contribution is 7.47. The van der Waals surface area contributed by atoms with Crippen molar-refractivity contribution in [3.05, 3.63) is 134 Å². The highest BCUT2D eigenvalue weighted by Gasteiger charge is 2.31. The van der Waals surface area contributed by atoms with E-state index in [2.05, 4.69) is 153 Å². The van der Waals surface area contributed by atoms with Gasteiger partial charge in [-0.05, 0) is 116 Å². The van der Waals surface area contributed by atoms with E-state index in [0.717, 1.165) is 103 Å². The average Bonchev–Trinajstić information content (AvgIpc) is 3.33. The molecule has 9 nitrogen and oxygen atoms in total. The van der Waals surface area contributed by atoms with Crippen LogP contribution in [0.15, 0.2) is 134 Å². The number of quaternary nitrogens is 1. The Balaban J connectivity index is 4.34. The summed E-state index contributed by atoms with van der Waals surface area (Å²) in [5.74, 6) is -0.299. The van der Waals surface area contributed by atoms with Crippen LogP contribution < -0.4 is 5.32 Å². The van der Waals surface area contributed by atoms with Gasteiger partial charge in [0.15, 0.2) is 0 Å². The molecule has 0 aromatic heterocycles. The van der Waals surface area contributed by atoms with Gasteiger partial charge in [0.2, 0.25) is 5.91 Å². The first kappa shape index (κ1) is 67.6. The van der Waals surface area contributed by atoms with Gasteiger partial charge in [-0.3, -0.25) is 13.8 Å². The topological polar surface area (TPSA) is 125 Å². The number of hydrogen-bond donors (Lipinski definition) is 4. The van der Waals surface area contributed by atoms with Crippen LogP contribution >= 0.6 is 7.82 Å². The Kier molecular flexibility index (Phi) is 47.7. The molecule has 0 heterocycles. The Morgan fingerprint density at radius 1 is 0.507 bits per heavy atom. The predicted molar refractivity (Wildman–Crippen MR) is 305 cm³/mol. The highest BCUT2D eigenvalue weighted by atomic mass is 31.2. The number of aliphatic hydroxyl groups excluding tert-OH is 2. The van der Waals surface area contributed by atoms with Gasteiger partial charge in [-0.2, -0.15) is 0 Å². The van der Waals surface area contributed by atoms with E-state index >= 15 is 0 Å². The molecule has 4 N–H and O–H groups in total. The van der Waals surface area contributed by atoms with Crippen molar-refractivity contribution in [2.45, 2.75) is 205 Å². The van der Waals surface area contributed by atoms with Crippen molar-refractivity contribution in [3.63, 3.8) is 0 Å². The Hall–Kier alpha value is -3.40. The van der Waals surface area contributed by atoms with E-state index in [1.54, 1.807) is 0 Å². The van der Waals surface area contributed by atoms with Gasteiger partial charge in [0.05, 0.1) is 39.9 Å². The van der Waals surface area contributed by atoms with Crippen molar-refractivity contribution in [2.75, 3.05) is 40.9 Å². The minimum absolute atomic E-state index is 0.00338. The number of carbonyl (C=O) groups is 1. The van der Waals surface area contributed by atoms with Gasteiger partial charge in [0.25, 0.3) is 0 Å². The van der Waals surface area contributed by atoms with E-state index < -0.39 is 32.7 Å². The van der Waals surface area contributed by atoms with Crippen LogP contribution in [-0.2, 0) is 18.4 Å². The van der Waals surface area contributed by atoms with Crippen molar-refractivity contribution < 1.29 is 38.0 Å². The van der Waals surface area contributed by atoms with E-state index in [0.29, 0.717) is 30.3 Å². The zero-order valence-corrected chi connectivity index (χ0v) is 46.4. The number of nitrogens with zero attached hydrogens (tertiary/aromatic N) is 1. The minimum atomic E-state index is -4.44. The molecule has 0 fully saturated rings. The third-order valence-corrected chi connectivity index (χ3v) is 12.5. The number of allylic oxidation sites excluding steroid dienone is 22. The van der Waals surface area contributed by atoms with Gasteiger partial charge < -0.3 is 24.9 Å². The zero-order chi connectivity index (χ0) is 52.2. The van der Waals surface area contributed by atoms with Crippen molar-refractivity contribution in [3.8, 4) is 0 Å². The SMILES string of the molecule is CC/C=C\C/C=C\C/C=C\C/C=C\C/C=C\C/C=C\C/C=C\C/C=C\C/C=C\C/C=C\CCCCCCC(=O)NC(COP(=O)(O)OCC[N+](C)(C)C)C(O)C(O)CCC/C=C/CCCCCCCCC. The Morgan fingerprint density at radius 2 is 0.873 bits per heavy atom. The number of rotatable bonds is 48. The molecule has 0 aromatic carbocycles. The van der Waals surface area contributed by atoms with Crippen molar-refractivity contribution >= 4 is 13.7 Å². The van der Waals surface area contributed by atoms with Gasteiger partial charge in [0.1, 0.15) is 19.3 Å². The second-order valence-electron chi connectivity index (χ2n) is 19.4. The molecule has 404 valence electrons. The highest BCUT2D eigenvalue weighted by Crippen LogP contribution is 2.43. The Morgan fingerprint density at radius 3 is 1.30 bits per heavy atom. The molecule has 0 bridgehead atoms. The van der Waals surface area contributed by atoms with Crippen LogP contribution in [0.2, 0.25) is 0 Å². The maximum Gasteiger partial charge on any atom is 0.472 e. The summed E-state index contributed by atoms with van der Waals surface area (Å²) in [6, 6.07) is -1.07. The van der Waals surface area contributed by atoms with E-state index in [4.69, 9.17) is 9.05 Å². The standard InChI is InChI=1S/C61H103N2O7P/c1-6-8-10-12-14-16-18-20-21-22-23-24-25-26-27-28-29-30-31-32-33-34-35-36-37-38-39-40-41-42-44-46-48-50-52-54-60(65)62-58(57-70-71(67,68)69-56-55-63(3,4)5)61(66)59(64)53-51-49-47-45-43-19-17-15-13-11-9-7-2/h8,10,14,16,20-21,23-24,26-27,29-30,32-33,35-36,38-39,41-42,45,47,58-59,61,64,66H,6-7,9,11-13,15,17-19,22,25,28,31,34,37,40,43-44,46,48-57H2,1-5H3,(H-,62,65,67,68)/p+1/b10-8-,16-14-,21-20-,24-23-,27-26-,30-29-,33-32-,36-35-,39-38-,42-41-,47-45+. The molecule has 0 aromatic rings. The fourth-order valence-electron chi connectivity index (χ4n) is 7.11. The van der Waals surface area contributed by atoms with E-state index in [1.807, 2.05) is 21.1 Å². The lowest BCUT2D eigenvalue weighted by atomic mass is 10.0. The molecule has 0 saturated carbocycles. The fourth-order valence-corrected chi connectivity index (χ4v) is 7.85. The smallest absolute Gasteiger partial charge is 0.390 e. The quantitative estimate of drug-likeness (QED) is 0.0207. The maximum atomic E-state index is 13.0. The van der Waals surface area contributed by atoms with Gasteiger partial charge >= 0.3 is 7.82 Å². The maximum absolute atomic E-state index is 13.0. The number of likely N-dealkylation sites (N-methyl/N-ethyl adjacent to an activating group) is 1. The second-order valence-corrected chi connectivity index (χ2v) is 20.8. The molecule has 0 spiro atoms. The van der Waals surface area contributed by atoms with E-state index in [9.17, 15) is 24.5 Å². The van der Waals surface area contributed by atoms with Gasteiger partial charge in [-0.25, -0.2) is 4.57 Å². The first-order chi connectivity index (χ1) is 34.4. The van der Waals surface area contributed by atoms with Crippen LogP contribution in [0.3, 0.4) is 0 Å². The third kappa shape index (κ3) is 51.3. The number of phosphoric acid groups is 1. The van der Waals surface area contributed by atoms with E-state index in [-0.39, 0.29) is 18.9 Å². The van der Waals surface area contributed by atoms with E-state index in [1.165, 1.54) is 44.9 Å². The summed E-state index contributed by atoms with van der Waals surface area (Å²) >= 11 is 0. The summed E-state index contributed by atoms with van der Waals surface area (Å²) < 4.78 is 23.5. The molecule has 0 aliphatic rings. The number of phosphoric ester groups is 1. The number of unbranched alkanes of at least 4 members (excludes halogenated alkanes) is 12. The Labute approximate surface area is 435 Å². The largest absolute Gasteiger partial charge is 0.472 e. The van der Waals surface area contributed by atoms with Crippen LogP contribution in [0, 0.1) is 0 Å². The van der Waals surface area contributed by atoms with Gasteiger partial charge in [-0.1, -0.05) is 199 Å². The third-order valence-electron chi connectivity index (χ3n) is 11.5. The summed E-state index contributed by atoms with van der Waals surface area (Å²) in [5, 5.41) is 24.7. The molecule has 10 heteroatoms. The molecule has 0 radical (unpaired) electrons. The molecule has 4 unspecified atom stereocenters. The lowest BCUT2D eigenvalue weighted by Crippen LogP contribution is -2.51. The zero-order valence-electron chi connectivity index (χ0n) is 45.5. The van der Waals surface area contributed by atoms with Crippen LogP contribution in [0.5, 0.6) is 0 Å². The number of nitrogens with one attached hydrogen (secondary N) is 1. The van der Waals surface area contributed by atoms with Crippen molar-refractivity contribution in [2.24, 2.45) is 0 Å². The summed E-state index contributed by atoms with van der Waals surface area (Å²) in [6.45, 7) is 4.41. The normalized spacial score (nSPS) is 15.4. The molecular weight excluding hydrogens is 904 g/mol. The van der Waals surface area contributed by atoms with Crippen LogP contribution in [0.25, 0.3) is 0 Å². The molecule has 0 aliphatic heterocycles. The first-order valence-corrected chi connectivity index (χ1v) is 29.1. The monoisotopic (exact) mass is 1010 g/mol. The summed E-state index contributed by atoms with van der Waals surface area (Å²) in [7, 11) is 1.38. The average molecular weight is 1010 g/mol. The molecule has 1 amide bonds. The van der Waals surface area contributed by atoms with Crippen LogP contribution in [-0.4, -0.2) is 84.6 Å². The van der Waals surface area contributed by atoms with Crippen molar-refractivity contribution in [1.29, 1.82) is 0 Å². The van der Waals surface area contributed by atoms with Gasteiger partial charge in [-0.15, -0.1) is 0 Å². The lowest BCUT2D eigenvalue weighted by Gasteiger charge is -2.28. The predicted octanol–water partition coefficient (Wildman–Crippen LogP) is 15.7. The minimum Gasteiger partial charge on any atom is -0.390 e. The lowest BCUT2D eigenvalue weighted by molar-refractivity contribution is -0.870. The number of amides is 1. The molecular formula is C61H104N2O7P+. The van der Waals surface area contributed by atoms with Crippen LogP contribution in [0.1, 0.15) is 187 Å². The van der Waals surface area contributed by atoms with Crippen molar-refractivity contribution in [1.82, 2.24) is 5.32 Å². The van der Waals surface area contributed by atoms with Gasteiger partial charge in [0, 0.05) is 6.42 Å². The molecule has 0 aliphatic carbocycles. The second kappa shape index (κ2) is 50.1. The number of hydrogen-bond acceptors (Lipinski definition) is 6. The molecule has 0 rings (SSSR count). The summed E-state index contributed by atoms with van der Waals surface area (Å²) in [6.07, 6.45) is 72.5. The first-order valence-electron chi connectivity index (χ1n) is 27.6. The molecule has 4 atom stereocenters. The molecule has 0 saturated heterocycles.